The number of hydrogen-bond donors (Lipinski definition) is 1. The standard InChI is InChI=1S/C24H21F3N2O4/c1-2-31-22(30)10-16-3-5-19-20-11-17(4-6-21(20)29-23(16)19)32-13-15-7-14(12-28)8-18(9-15)33-24(25,26)27/h4,6-9,11,16,29H,2-3,5,10,13H2,1H3. The molecule has 0 saturated carbocycles. The van der Waals surface area contributed by atoms with Crippen molar-refractivity contribution in [1.29, 1.82) is 5.26 Å². The Morgan fingerprint density at radius 3 is 2.76 bits per heavy atom. The SMILES string of the molecule is CCOC(=O)CC1CCc2c1[nH]c1ccc(OCc3cc(C#N)cc(OC(F)(F)F)c3)cc21. The molecule has 2 aromatic carbocycles. The fourth-order valence-electron chi connectivity index (χ4n) is 4.21. The van der Waals surface area contributed by atoms with Gasteiger partial charge in [-0.2, -0.15) is 5.26 Å². The maximum Gasteiger partial charge on any atom is 0.573 e. The summed E-state index contributed by atoms with van der Waals surface area (Å²) in [5, 5.41) is 10.1. The predicted octanol–water partition coefficient (Wildman–Crippen LogP) is 5.50. The first kappa shape index (κ1) is 22.5. The fraction of sp³-hybridized carbons (Fsp3) is 0.333. The summed E-state index contributed by atoms with van der Waals surface area (Å²) in [5.74, 6) is -0.0615. The summed E-state index contributed by atoms with van der Waals surface area (Å²) < 4.78 is 52.5. The highest BCUT2D eigenvalue weighted by Gasteiger charge is 2.31. The molecular weight excluding hydrogens is 437 g/mol. The quantitative estimate of drug-likeness (QED) is 0.473. The number of benzene rings is 2. The van der Waals surface area contributed by atoms with E-state index in [2.05, 4.69) is 9.72 Å². The van der Waals surface area contributed by atoms with E-state index >= 15 is 0 Å². The molecule has 1 aromatic heterocycles. The zero-order valence-electron chi connectivity index (χ0n) is 17.8. The summed E-state index contributed by atoms with van der Waals surface area (Å²) in [4.78, 5) is 15.3. The summed E-state index contributed by atoms with van der Waals surface area (Å²) >= 11 is 0. The number of aromatic nitrogens is 1. The Labute approximate surface area is 187 Å². The summed E-state index contributed by atoms with van der Waals surface area (Å²) in [5.41, 5.74) is 3.51. The first-order valence-corrected chi connectivity index (χ1v) is 10.5. The van der Waals surface area contributed by atoms with Gasteiger partial charge in [-0.05, 0) is 67.3 Å². The average molecular weight is 458 g/mol. The number of alkyl halides is 3. The van der Waals surface area contributed by atoms with Crippen LogP contribution < -0.4 is 9.47 Å². The Hall–Kier alpha value is -3.67. The van der Waals surface area contributed by atoms with E-state index in [-0.39, 0.29) is 24.1 Å². The lowest BCUT2D eigenvalue weighted by molar-refractivity contribution is -0.274. The molecule has 0 aliphatic heterocycles. The molecular formula is C24H21F3N2O4. The first-order chi connectivity index (χ1) is 15.8. The van der Waals surface area contributed by atoms with Gasteiger partial charge in [0.1, 0.15) is 18.1 Å². The van der Waals surface area contributed by atoms with E-state index in [0.29, 0.717) is 24.3 Å². The Morgan fingerprint density at radius 1 is 1.21 bits per heavy atom. The third-order valence-corrected chi connectivity index (χ3v) is 5.51. The van der Waals surface area contributed by atoms with Gasteiger partial charge in [-0.1, -0.05) is 0 Å². The Kier molecular flexibility index (Phi) is 6.18. The maximum atomic E-state index is 12.6. The third-order valence-electron chi connectivity index (χ3n) is 5.51. The molecule has 9 heteroatoms. The van der Waals surface area contributed by atoms with Crippen LogP contribution in [0.15, 0.2) is 36.4 Å². The zero-order valence-corrected chi connectivity index (χ0v) is 17.8. The van der Waals surface area contributed by atoms with Crippen LogP contribution in [-0.2, 0) is 22.6 Å². The monoisotopic (exact) mass is 458 g/mol. The van der Waals surface area contributed by atoms with Gasteiger partial charge in [0.05, 0.1) is 24.7 Å². The molecule has 0 fully saturated rings. The summed E-state index contributed by atoms with van der Waals surface area (Å²) in [6.45, 7) is 2.10. The van der Waals surface area contributed by atoms with Crippen molar-refractivity contribution in [2.45, 2.75) is 45.1 Å². The highest BCUT2D eigenvalue weighted by molar-refractivity contribution is 5.87. The van der Waals surface area contributed by atoms with Crippen LogP contribution in [0.5, 0.6) is 11.5 Å². The number of esters is 1. The number of hydrogen-bond acceptors (Lipinski definition) is 5. The van der Waals surface area contributed by atoms with E-state index in [9.17, 15) is 18.0 Å². The lowest BCUT2D eigenvalue weighted by Crippen LogP contribution is -2.17. The Bertz CT molecular complexity index is 1230. The van der Waals surface area contributed by atoms with Crippen LogP contribution in [0.25, 0.3) is 10.9 Å². The highest BCUT2D eigenvalue weighted by atomic mass is 19.4. The van der Waals surface area contributed by atoms with E-state index in [0.717, 1.165) is 41.1 Å². The molecule has 1 unspecified atom stereocenters. The van der Waals surface area contributed by atoms with Crippen molar-refractivity contribution in [3.63, 3.8) is 0 Å². The second-order valence-electron chi connectivity index (χ2n) is 7.78. The van der Waals surface area contributed by atoms with E-state index in [1.54, 1.807) is 13.0 Å². The van der Waals surface area contributed by atoms with Gasteiger partial charge in [-0.15, -0.1) is 13.2 Å². The molecule has 1 aliphatic rings. The van der Waals surface area contributed by atoms with Crippen molar-refractivity contribution in [2.75, 3.05) is 6.61 Å². The molecule has 33 heavy (non-hydrogen) atoms. The van der Waals surface area contributed by atoms with Crippen LogP contribution in [0, 0.1) is 11.3 Å². The summed E-state index contributed by atoms with van der Waals surface area (Å²) in [6, 6.07) is 11.0. The molecule has 1 atom stereocenters. The minimum absolute atomic E-state index is 0.0344. The van der Waals surface area contributed by atoms with Crippen molar-refractivity contribution >= 4 is 16.9 Å². The van der Waals surface area contributed by atoms with Crippen LogP contribution in [-0.4, -0.2) is 23.9 Å². The smallest absolute Gasteiger partial charge is 0.489 e. The first-order valence-electron chi connectivity index (χ1n) is 10.5. The normalized spacial score (nSPS) is 15.2. The van der Waals surface area contributed by atoms with Crippen LogP contribution >= 0.6 is 0 Å². The lowest BCUT2D eigenvalue weighted by Gasteiger charge is -2.12. The molecule has 4 rings (SSSR count). The number of ether oxygens (including phenoxy) is 3. The lowest BCUT2D eigenvalue weighted by atomic mass is 10.0. The van der Waals surface area contributed by atoms with Crippen molar-refractivity contribution in [3.05, 3.63) is 58.8 Å². The van der Waals surface area contributed by atoms with Crippen molar-refractivity contribution in [1.82, 2.24) is 4.98 Å². The number of aryl methyl sites for hydroxylation is 1. The molecule has 3 aromatic rings. The van der Waals surface area contributed by atoms with Gasteiger partial charge in [-0.3, -0.25) is 4.79 Å². The Balaban J connectivity index is 1.51. The molecule has 1 aliphatic carbocycles. The molecule has 172 valence electrons. The van der Waals surface area contributed by atoms with Crippen molar-refractivity contribution in [2.24, 2.45) is 0 Å². The minimum Gasteiger partial charge on any atom is -0.489 e. The van der Waals surface area contributed by atoms with Crippen molar-refractivity contribution < 1.29 is 32.2 Å². The van der Waals surface area contributed by atoms with Gasteiger partial charge in [0.15, 0.2) is 0 Å². The van der Waals surface area contributed by atoms with E-state index in [4.69, 9.17) is 14.7 Å². The third kappa shape index (κ3) is 5.22. The fourth-order valence-corrected chi connectivity index (χ4v) is 4.21. The number of H-pyrrole nitrogens is 1. The zero-order chi connectivity index (χ0) is 23.6. The van der Waals surface area contributed by atoms with Crippen LogP contribution in [0.2, 0.25) is 0 Å². The molecule has 0 radical (unpaired) electrons. The summed E-state index contributed by atoms with van der Waals surface area (Å²) in [7, 11) is 0. The van der Waals surface area contributed by atoms with Crippen molar-refractivity contribution in [3.8, 4) is 17.6 Å². The largest absolute Gasteiger partial charge is 0.573 e. The number of nitriles is 1. The summed E-state index contributed by atoms with van der Waals surface area (Å²) in [6.07, 6.45) is -2.85. The molecule has 1 heterocycles. The van der Waals surface area contributed by atoms with Gasteiger partial charge < -0.3 is 19.2 Å². The van der Waals surface area contributed by atoms with Crippen LogP contribution in [0.3, 0.4) is 0 Å². The topological polar surface area (TPSA) is 84.3 Å². The van der Waals surface area contributed by atoms with Gasteiger partial charge in [0.25, 0.3) is 0 Å². The number of carbonyl (C=O) groups is 1. The minimum atomic E-state index is -4.85. The van der Waals surface area contributed by atoms with Crippen LogP contribution in [0.1, 0.15) is 48.1 Å². The maximum absolute atomic E-state index is 12.6. The van der Waals surface area contributed by atoms with Gasteiger partial charge in [0.2, 0.25) is 0 Å². The molecule has 0 amide bonds. The number of fused-ring (bicyclic) bond motifs is 3. The van der Waals surface area contributed by atoms with Gasteiger partial charge >= 0.3 is 12.3 Å². The second-order valence-corrected chi connectivity index (χ2v) is 7.78. The number of nitrogens with one attached hydrogen (secondary N) is 1. The van der Waals surface area contributed by atoms with E-state index in [1.807, 2.05) is 18.2 Å². The molecule has 0 bridgehead atoms. The predicted molar refractivity (Wildman–Crippen MR) is 113 cm³/mol. The number of aromatic amines is 1. The number of carbonyl (C=O) groups excluding carboxylic acids is 1. The molecule has 6 nitrogen and oxygen atoms in total. The number of nitrogens with zero attached hydrogens (tertiary/aromatic N) is 1. The average Bonchev–Trinajstić information content (AvgIpc) is 3.30. The van der Waals surface area contributed by atoms with Crippen LogP contribution in [0.4, 0.5) is 13.2 Å². The Morgan fingerprint density at radius 2 is 2.03 bits per heavy atom. The van der Waals surface area contributed by atoms with Gasteiger partial charge in [0, 0.05) is 22.5 Å². The highest BCUT2D eigenvalue weighted by Crippen LogP contribution is 2.40. The van der Waals surface area contributed by atoms with E-state index in [1.165, 1.54) is 12.1 Å². The molecule has 0 spiro atoms. The second kappa shape index (κ2) is 9.06. The number of rotatable bonds is 7. The number of halogens is 3. The molecule has 0 saturated heterocycles. The van der Waals surface area contributed by atoms with Gasteiger partial charge in [-0.25, -0.2) is 0 Å². The van der Waals surface area contributed by atoms with E-state index < -0.39 is 12.1 Å². The molecule has 1 N–H and O–H groups in total.